The van der Waals surface area contributed by atoms with Crippen molar-refractivity contribution in [3.05, 3.63) is 101 Å². The van der Waals surface area contributed by atoms with Crippen molar-refractivity contribution in [1.29, 1.82) is 0 Å². The van der Waals surface area contributed by atoms with Crippen LogP contribution in [0.5, 0.6) is 0 Å². The van der Waals surface area contributed by atoms with Crippen LogP contribution in [0.15, 0.2) is 73.1 Å². The van der Waals surface area contributed by atoms with E-state index in [1.54, 1.807) is 6.20 Å². The van der Waals surface area contributed by atoms with Gasteiger partial charge in [-0.15, -0.1) is 0 Å². The Bertz CT molecular complexity index is 1530. The molecule has 7 heteroatoms. The van der Waals surface area contributed by atoms with Crippen LogP contribution in [0.2, 0.25) is 0 Å². The molecule has 3 aromatic heterocycles. The molecule has 0 spiro atoms. The van der Waals surface area contributed by atoms with Crippen molar-refractivity contribution in [2.45, 2.75) is 46.1 Å². The van der Waals surface area contributed by atoms with Gasteiger partial charge in [0.25, 0.3) is 0 Å². The Morgan fingerprint density at radius 2 is 1.76 bits per heavy atom. The summed E-state index contributed by atoms with van der Waals surface area (Å²) in [7, 11) is 0. The first-order valence-electron chi connectivity index (χ1n) is 12.7. The molecule has 0 fully saturated rings. The predicted molar refractivity (Wildman–Crippen MR) is 143 cm³/mol. The van der Waals surface area contributed by atoms with Gasteiger partial charge in [-0.05, 0) is 54.7 Å². The summed E-state index contributed by atoms with van der Waals surface area (Å²) >= 11 is 0. The standard InChI is InChI=1S/C30H29F2N5/c1-3-5-7-21-15-17-37-26(18-21)36-28(22-12-10-20(4-2)11-13-22)29(37)25-14-16-33-30(35-25)34-19-23-8-6-9-24(31)27(23)32/h6,8-18H,3-5,7,19H2,1-2H3,(H,33,34,35). The maximum absolute atomic E-state index is 14.1. The van der Waals surface area contributed by atoms with Crippen LogP contribution in [0.3, 0.4) is 0 Å². The van der Waals surface area contributed by atoms with Crippen LogP contribution in [-0.4, -0.2) is 19.4 Å². The summed E-state index contributed by atoms with van der Waals surface area (Å²) in [6.45, 7) is 4.38. The van der Waals surface area contributed by atoms with Crippen LogP contribution in [0, 0.1) is 11.6 Å². The largest absolute Gasteiger partial charge is 0.350 e. The van der Waals surface area contributed by atoms with Gasteiger partial charge in [0.05, 0.1) is 17.1 Å². The second-order valence-corrected chi connectivity index (χ2v) is 9.06. The Labute approximate surface area is 215 Å². The summed E-state index contributed by atoms with van der Waals surface area (Å²) in [4.78, 5) is 14.0. The third kappa shape index (κ3) is 5.21. The van der Waals surface area contributed by atoms with E-state index in [1.807, 2.05) is 12.3 Å². The molecule has 0 atom stereocenters. The average Bonchev–Trinajstić information content (AvgIpc) is 3.31. The summed E-state index contributed by atoms with van der Waals surface area (Å²) in [6.07, 6.45) is 7.94. The molecule has 5 nitrogen and oxygen atoms in total. The third-order valence-electron chi connectivity index (χ3n) is 6.51. The Hall–Kier alpha value is -4.13. The molecule has 0 saturated heterocycles. The fourth-order valence-electron chi connectivity index (χ4n) is 4.40. The molecule has 0 saturated carbocycles. The minimum absolute atomic E-state index is 0.0618. The maximum atomic E-state index is 14.1. The number of fused-ring (bicyclic) bond motifs is 1. The second-order valence-electron chi connectivity index (χ2n) is 9.06. The van der Waals surface area contributed by atoms with E-state index in [0.29, 0.717) is 11.6 Å². The molecule has 0 aliphatic heterocycles. The summed E-state index contributed by atoms with van der Waals surface area (Å²) in [5, 5.41) is 3.03. The van der Waals surface area contributed by atoms with E-state index in [1.165, 1.54) is 23.3 Å². The quantitative estimate of drug-likeness (QED) is 0.233. The van der Waals surface area contributed by atoms with Crippen molar-refractivity contribution in [2.24, 2.45) is 0 Å². The first kappa shape index (κ1) is 24.6. The molecule has 5 aromatic rings. The van der Waals surface area contributed by atoms with Crippen LogP contribution in [0.25, 0.3) is 28.3 Å². The number of imidazole rings is 1. The van der Waals surface area contributed by atoms with Crippen LogP contribution >= 0.6 is 0 Å². The molecule has 0 radical (unpaired) electrons. The van der Waals surface area contributed by atoms with Crippen LogP contribution in [0.1, 0.15) is 43.4 Å². The zero-order chi connectivity index (χ0) is 25.8. The molecule has 3 heterocycles. The number of halogens is 2. The molecule has 5 rings (SSSR count). The van der Waals surface area contributed by atoms with Crippen molar-refractivity contribution < 1.29 is 8.78 Å². The fourth-order valence-corrected chi connectivity index (χ4v) is 4.40. The van der Waals surface area contributed by atoms with E-state index < -0.39 is 11.6 Å². The Morgan fingerprint density at radius 1 is 0.919 bits per heavy atom. The van der Waals surface area contributed by atoms with E-state index in [4.69, 9.17) is 9.97 Å². The number of aryl methyl sites for hydroxylation is 2. The van der Waals surface area contributed by atoms with Crippen molar-refractivity contribution in [1.82, 2.24) is 19.4 Å². The maximum Gasteiger partial charge on any atom is 0.223 e. The Morgan fingerprint density at radius 3 is 2.54 bits per heavy atom. The lowest BCUT2D eigenvalue weighted by Gasteiger charge is -2.10. The summed E-state index contributed by atoms with van der Waals surface area (Å²) in [5.74, 6) is -1.43. The number of nitrogens with one attached hydrogen (secondary N) is 1. The molecule has 0 bridgehead atoms. The van der Waals surface area contributed by atoms with E-state index in [9.17, 15) is 8.78 Å². The fraction of sp³-hybridized carbons (Fsp3) is 0.233. The topological polar surface area (TPSA) is 55.1 Å². The molecule has 0 aliphatic carbocycles. The highest BCUT2D eigenvalue weighted by atomic mass is 19.2. The second kappa shape index (κ2) is 10.9. The highest BCUT2D eigenvalue weighted by molar-refractivity contribution is 5.81. The van der Waals surface area contributed by atoms with Crippen molar-refractivity contribution in [3.63, 3.8) is 0 Å². The zero-order valence-electron chi connectivity index (χ0n) is 21.0. The number of nitrogens with zero attached hydrogens (tertiary/aromatic N) is 4. The SMILES string of the molecule is CCCCc1ccn2c(-c3ccnc(NCc4cccc(F)c4F)n3)c(-c3ccc(CC)cc3)nc2c1. The van der Waals surface area contributed by atoms with Gasteiger partial charge >= 0.3 is 0 Å². The molecule has 0 unspecified atom stereocenters. The molecule has 37 heavy (non-hydrogen) atoms. The lowest BCUT2D eigenvalue weighted by molar-refractivity contribution is 0.500. The molecule has 188 valence electrons. The van der Waals surface area contributed by atoms with E-state index in [2.05, 4.69) is 64.9 Å². The van der Waals surface area contributed by atoms with E-state index >= 15 is 0 Å². The molecule has 0 amide bonds. The summed E-state index contributed by atoms with van der Waals surface area (Å²) < 4.78 is 29.8. The number of hydrogen-bond donors (Lipinski definition) is 1. The average molecular weight is 498 g/mol. The van der Waals surface area contributed by atoms with E-state index in [0.717, 1.165) is 54.3 Å². The minimum atomic E-state index is -0.878. The Balaban J connectivity index is 1.55. The summed E-state index contributed by atoms with van der Waals surface area (Å²) in [5.41, 5.74) is 6.93. The van der Waals surface area contributed by atoms with Gasteiger partial charge in [0.15, 0.2) is 11.6 Å². The van der Waals surface area contributed by atoms with Gasteiger partial charge < -0.3 is 5.32 Å². The van der Waals surface area contributed by atoms with Crippen LogP contribution in [-0.2, 0) is 19.4 Å². The number of anilines is 1. The van der Waals surface area contributed by atoms with Gasteiger partial charge in [-0.1, -0.05) is 56.7 Å². The number of hydrogen-bond acceptors (Lipinski definition) is 4. The van der Waals surface area contributed by atoms with E-state index in [-0.39, 0.29) is 12.1 Å². The van der Waals surface area contributed by atoms with Crippen LogP contribution < -0.4 is 5.32 Å². The van der Waals surface area contributed by atoms with Gasteiger partial charge in [0.1, 0.15) is 5.65 Å². The molecule has 1 N–H and O–H groups in total. The number of pyridine rings is 1. The van der Waals surface area contributed by atoms with Gasteiger partial charge in [0, 0.05) is 30.1 Å². The van der Waals surface area contributed by atoms with Crippen molar-refractivity contribution >= 4 is 11.6 Å². The normalized spacial score (nSPS) is 11.2. The highest BCUT2D eigenvalue weighted by Gasteiger charge is 2.18. The minimum Gasteiger partial charge on any atom is -0.350 e. The highest BCUT2D eigenvalue weighted by Crippen LogP contribution is 2.33. The smallest absolute Gasteiger partial charge is 0.223 e. The monoisotopic (exact) mass is 497 g/mol. The van der Waals surface area contributed by atoms with Gasteiger partial charge in [-0.25, -0.2) is 23.7 Å². The third-order valence-corrected chi connectivity index (χ3v) is 6.51. The molecule has 2 aromatic carbocycles. The summed E-state index contributed by atoms with van der Waals surface area (Å²) in [6, 6.07) is 18.6. The number of aromatic nitrogens is 4. The lowest BCUT2D eigenvalue weighted by atomic mass is 10.1. The first-order valence-corrected chi connectivity index (χ1v) is 12.7. The van der Waals surface area contributed by atoms with Gasteiger partial charge in [0.2, 0.25) is 5.95 Å². The number of rotatable bonds is 9. The molecular weight excluding hydrogens is 468 g/mol. The zero-order valence-corrected chi connectivity index (χ0v) is 21.0. The van der Waals surface area contributed by atoms with Crippen LogP contribution in [0.4, 0.5) is 14.7 Å². The number of unbranched alkanes of at least 4 members (excludes halogenated alkanes) is 1. The molecule has 0 aliphatic rings. The predicted octanol–water partition coefficient (Wildman–Crippen LogP) is 7.25. The first-order chi connectivity index (χ1) is 18.1. The van der Waals surface area contributed by atoms with Gasteiger partial charge in [-0.3, -0.25) is 4.40 Å². The molecular formula is C30H29F2N5. The number of benzene rings is 2. The van der Waals surface area contributed by atoms with Crippen molar-refractivity contribution in [2.75, 3.05) is 5.32 Å². The van der Waals surface area contributed by atoms with Gasteiger partial charge in [-0.2, -0.15) is 0 Å². The Kier molecular flexibility index (Phi) is 7.21. The van der Waals surface area contributed by atoms with Crippen molar-refractivity contribution in [3.8, 4) is 22.6 Å². The lowest BCUT2D eigenvalue weighted by Crippen LogP contribution is -2.07.